The number of aliphatic hydroxyl groups excluding tert-OH is 1. The van der Waals surface area contributed by atoms with E-state index in [1.54, 1.807) is 37.3 Å². The Morgan fingerprint density at radius 2 is 1.96 bits per heavy atom. The van der Waals surface area contributed by atoms with Crippen LogP contribution in [0.15, 0.2) is 46.3 Å². The number of aromatic nitrogens is 3. The first-order valence-corrected chi connectivity index (χ1v) is 6.76. The number of carboxylic acid groups (broad SMARTS) is 1. The zero-order valence-corrected chi connectivity index (χ0v) is 12.5. The predicted octanol–water partition coefficient (Wildman–Crippen LogP) is 2.08. The fourth-order valence-electron chi connectivity index (χ4n) is 1.61. The molecule has 0 unspecified atom stereocenters. The Labute approximate surface area is 135 Å². The number of hydrogen-bond donors (Lipinski definition) is 3. The summed E-state index contributed by atoms with van der Waals surface area (Å²) in [6, 6.07) is 8.21. The molecule has 24 heavy (non-hydrogen) atoms. The summed E-state index contributed by atoms with van der Waals surface area (Å²) in [5.74, 6) is -3.39. The number of H-pyrrole nitrogens is 1. The van der Waals surface area contributed by atoms with Crippen LogP contribution >= 0.6 is 0 Å². The van der Waals surface area contributed by atoms with E-state index in [0.717, 1.165) is 0 Å². The number of hydrogen-bond acceptors (Lipinski definition) is 8. The molecule has 0 atom stereocenters. The molecule has 0 aliphatic carbocycles. The third-order valence-corrected chi connectivity index (χ3v) is 2.66. The second kappa shape index (κ2) is 7.63. The molecule has 124 valence electrons. The largest absolute Gasteiger partial charge is 0.505 e. The second-order valence-electron chi connectivity index (χ2n) is 4.27. The molecule has 1 heterocycles. The number of benzene rings is 1. The summed E-state index contributed by atoms with van der Waals surface area (Å²) < 4.78 is 4.83. The van der Waals surface area contributed by atoms with Gasteiger partial charge in [0.05, 0.1) is 6.61 Å². The average molecular weight is 331 g/mol. The molecule has 2 aromatic rings. The number of aromatic carboxylic acids is 1. The lowest BCUT2D eigenvalue weighted by atomic mass is 10.1. The lowest BCUT2D eigenvalue weighted by molar-refractivity contribution is -0.138. The Kier molecular flexibility index (Phi) is 5.34. The minimum absolute atomic E-state index is 0.0732. The second-order valence-corrected chi connectivity index (χ2v) is 4.27. The van der Waals surface area contributed by atoms with Crippen molar-refractivity contribution in [1.29, 1.82) is 0 Å². The van der Waals surface area contributed by atoms with E-state index in [4.69, 9.17) is 9.84 Å². The summed E-state index contributed by atoms with van der Waals surface area (Å²) in [6.45, 7) is 1.67. The molecule has 0 saturated heterocycles. The van der Waals surface area contributed by atoms with Gasteiger partial charge in [-0.05, 0) is 6.92 Å². The van der Waals surface area contributed by atoms with Crippen LogP contribution in [0.25, 0.3) is 5.76 Å². The molecule has 0 aliphatic rings. The van der Waals surface area contributed by atoms with Crippen molar-refractivity contribution in [2.24, 2.45) is 10.2 Å². The Hall–Kier alpha value is -3.56. The van der Waals surface area contributed by atoms with Gasteiger partial charge in [0, 0.05) is 5.56 Å². The van der Waals surface area contributed by atoms with Gasteiger partial charge < -0.3 is 14.9 Å². The number of nitrogens with one attached hydrogen (secondary N) is 1. The highest BCUT2D eigenvalue weighted by atomic mass is 16.5. The molecule has 1 aromatic carbocycles. The van der Waals surface area contributed by atoms with Crippen LogP contribution < -0.4 is 0 Å². The Morgan fingerprint density at radius 1 is 1.25 bits per heavy atom. The number of carbonyl (C=O) groups is 2. The molecule has 0 radical (unpaired) electrons. The minimum Gasteiger partial charge on any atom is -0.505 e. The molecule has 2 rings (SSSR count). The highest BCUT2D eigenvalue weighted by molar-refractivity contribution is 5.95. The van der Waals surface area contributed by atoms with E-state index in [-0.39, 0.29) is 12.6 Å². The summed E-state index contributed by atoms with van der Waals surface area (Å²) in [5, 5.41) is 31.8. The fourth-order valence-corrected chi connectivity index (χ4v) is 1.61. The normalized spacial score (nSPS) is 12.0. The van der Waals surface area contributed by atoms with Gasteiger partial charge in [-0.25, -0.2) is 9.59 Å². The fraction of sp³-hybridized carbons (Fsp3) is 0.143. The van der Waals surface area contributed by atoms with Gasteiger partial charge >= 0.3 is 11.9 Å². The first-order chi connectivity index (χ1) is 11.5. The predicted molar refractivity (Wildman–Crippen MR) is 80.5 cm³/mol. The average Bonchev–Trinajstić information content (AvgIpc) is 3.05. The van der Waals surface area contributed by atoms with Crippen LogP contribution in [0.2, 0.25) is 0 Å². The molecule has 0 saturated carbocycles. The summed E-state index contributed by atoms with van der Waals surface area (Å²) >= 11 is 0. The maximum Gasteiger partial charge on any atom is 0.373 e. The SMILES string of the molecule is CCOC(=O)/C(N=Nc1n[nH]c(C(=O)O)n1)=C(\O)c1ccccc1. The molecule has 0 spiro atoms. The number of nitrogens with zero attached hydrogens (tertiary/aromatic N) is 4. The number of aromatic amines is 1. The van der Waals surface area contributed by atoms with Crippen LogP contribution in [0.5, 0.6) is 0 Å². The monoisotopic (exact) mass is 331 g/mol. The van der Waals surface area contributed by atoms with Gasteiger partial charge in [-0.3, -0.25) is 5.10 Å². The van der Waals surface area contributed by atoms with Crippen molar-refractivity contribution in [1.82, 2.24) is 15.2 Å². The van der Waals surface area contributed by atoms with Gasteiger partial charge in [-0.2, -0.15) is 4.98 Å². The Morgan fingerprint density at radius 3 is 2.54 bits per heavy atom. The number of esters is 1. The van der Waals surface area contributed by atoms with E-state index < -0.39 is 29.2 Å². The first kappa shape index (κ1) is 16.8. The van der Waals surface area contributed by atoms with Gasteiger partial charge in [0.25, 0.3) is 5.95 Å². The lowest BCUT2D eigenvalue weighted by Crippen LogP contribution is -2.08. The zero-order chi connectivity index (χ0) is 17.5. The third kappa shape index (κ3) is 4.00. The summed E-state index contributed by atoms with van der Waals surface area (Å²) in [5.41, 5.74) is -0.120. The molecule has 0 bridgehead atoms. The maximum atomic E-state index is 12.0. The highest BCUT2D eigenvalue weighted by Crippen LogP contribution is 2.19. The van der Waals surface area contributed by atoms with Crippen molar-refractivity contribution >= 4 is 23.6 Å². The highest BCUT2D eigenvalue weighted by Gasteiger charge is 2.18. The summed E-state index contributed by atoms with van der Waals surface area (Å²) in [7, 11) is 0. The molecular weight excluding hydrogens is 318 g/mol. The molecule has 0 aliphatic heterocycles. The van der Waals surface area contributed by atoms with E-state index in [0.29, 0.717) is 5.56 Å². The van der Waals surface area contributed by atoms with Crippen molar-refractivity contribution < 1.29 is 24.5 Å². The van der Waals surface area contributed by atoms with Crippen LogP contribution in [0.3, 0.4) is 0 Å². The number of carbonyl (C=O) groups excluding carboxylic acids is 1. The standard InChI is InChI=1S/C14H13N5O5/c1-2-24-13(23)9(10(20)8-6-4-3-5-7-8)16-18-14-15-11(12(21)22)17-19-14/h3-7,20H,2H2,1H3,(H,21,22)(H,15,17,19)/b10-9+,18-16?. The number of azo groups is 1. The van der Waals surface area contributed by atoms with E-state index in [1.165, 1.54) is 0 Å². The maximum absolute atomic E-state index is 12.0. The van der Waals surface area contributed by atoms with Gasteiger partial charge in [0.2, 0.25) is 11.5 Å². The van der Waals surface area contributed by atoms with Crippen LogP contribution in [-0.2, 0) is 9.53 Å². The smallest absolute Gasteiger partial charge is 0.373 e. The van der Waals surface area contributed by atoms with Gasteiger partial charge in [0.15, 0.2) is 5.76 Å². The topological polar surface area (TPSA) is 150 Å². The van der Waals surface area contributed by atoms with E-state index in [2.05, 4.69) is 25.4 Å². The molecule has 0 amide bonds. The van der Waals surface area contributed by atoms with E-state index in [1.807, 2.05) is 0 Å². The number of ether oxygens (including phenoxy) is 1. The van der Waals surface area contributed by atoms with Crippen molar-refractivity contribution in [2.75, 3.05) is 6.61 Å². The van der Waals surface area contributed by atoms with E-state index in [9.17, 15) is 14.7 Å². The molecule has 3 N–H and O–H groups in total. The molecule has 1 aromatic heterocycles. The van der Waals surface area contributed by atoms with Gasteiger partial charge in [0.1, 0.15) is 0 Å². The number of carboxylic acids is 1. The third-order valence-electron chi connectivity index (χ3n) is 2.66. The quantitative estimate of drug-likeness (QED) is 0.317. The molecule has 10 nitrogen and oxygen atoms in total. The molecular formula is C14H13N5O5. The summed E-state index contributed by atoms with van der Waals surface area (Å²) in [4.78, 5) is 26.2. The molecule has 0 fully saturated rings. The van der Waals surface area contributed by atoms with Crippen molar-refractivity contribution in [3.63, 3.8) is 0 Å². The number of rotatable bonds is 6. The van der Waals surface area contributed by atoms with Crippen LogP contribution in [0, 0.1) is 0 Å². The zero-order valence-electron chi connectivity index (χ0n) is 12.5. The van der Waals surface area contributed by atoms with Crippen molar-refractivity contribution in [3.05, 3.63) is 47.4 Å². The molecule has 10 heteroatoms. The Bertz CT molecular complexity index is 797. The van der Waals surface area contributed by atoms with Crippen LogP contribution in [0.4, 0.5) is 5.95 Å². The first-order valence-electron chi connectivity index (χ1n) is 6.76. The van der Waals surface area contributed by atoms with Gasteiger partial charge in [-0.1, -0.05) is 30.3 Å². The van der Waals surface area contributed by atoms with Crippen molar-refractivity contribution in [3.8, 4) is 0 Å². The Balaban J connectivity index is 2.37. The van der Waals surface area contributed by atoms with Crippen LogP contribution in [-0.4, -0.2) is 43.9 Å². The van der Waals surface area contributed by atoms with E-state index >= 15 is 0 Å². The summed E-state index contributed by atoms with van der Waals surface area (Å²) in [6.07, 6.45) is 0. The number of aliphatic hydroxyl groups is 1. The van der Waals surface area contributed by atoms with Gasteiger partial charge in [-0.15, -0.1) is 15.3 Å². The van der Waals surface area contributed by atoms with Crippen LogP contribution in [0.1, 0.15) is 23.1 Å². The minimum atomic E-state index is -1.32. The van der Waals surface area contributed by atoms with Crippen molar-refractivity contribution in [2.45, 2.75) is 6.92 Å². The lowest BCUT2D eigenvalue weighted by Gasteiger charge is -2.05.